The molecule has 2 N–H and O–H groups in total. The van der Waals surface area contributed by atoms with Gasteiger partial charge in [-0.05, 0) is 5.92 Å². The van der Waals surface area contributed by atoms with Crippen LogP contribution >= 0.6 is 0 Å². The number of hydrogen-bond donors (Lipinski definition) is 2. The molecule has 5 heteroatoms. The van der Waals surface area contributed by atoms with Crippen molar-refractivity contribution in [2.45, 2.75) is 20.0 Å². The summed E-state index contributed by atoms with van der Waals surface area (Å²) in [6.45, 7) is 3.04. The van der Waals surface area contributed by atoms with E-state index in [2.05, 4.69) is 0 Å². The molecule has 0 aromatic rings. The number of aliphatic hydroxyl groups excluding tert-OH is 1. The van der Waals surface area contributed by atoms with E-state index in [9.17, 15) is 14.7 Å². The Morgan fingerprint density at radius 3 is 1.83 bits per heavy atom. The molecule has 0 saturated carbocycles. The van der Waals surface area contributed by atoms with Crippen LogP contribution in [0.5, 0.6) is 0 Å². The van der Waals surface area contributed by atoms with Crippen LogP contribution in [0.25, 0.3) is 0 Å². The Morgan fingerprint density at radius 2 is 1.75 bits per heavy atom. The molecular formula is C7H11O5-. The number of carboxylic acids is 2. The van der Waals surface area contributed by atoms with Crippen LogP contribution in [0, 0.1) is 11.8 Å². The lowest BCUT2D eigenvalue weighted by Gasteiger charge is -2.22. The smallest absolute Gasteiger partial charge is 0.309 e. The van der Waals surface area contributed by atoms with Gasteiger partial charge in [-0.3, -0.25) is 4.79 Å². The predicted octanol–water partition coefficient (Wildman–Crippen LogP) is -1.55. The molecule has 0 aliphatic heterocycles. The van der Waals surface area contributed by atoms with E-state index in [0.717, 1.165) is 0 Å². The first-order chi connectivity index (χ1) is 5.37. The Labute approximate surface area is 69.6 Å². The fraction of sp³-hybridized carbons (Fsp3) is 0.714. The summed E-state index contributed by atoms with van der Waals surface area (Å²) in [5.41, 5.74) is 0. The van der Waals surface area contributed by atoms with Gasteiger partial charge in [0.15, 0.2) is 0 Å². The molecule has 2 unspecified atom stereocenters. The van der Waals surface area contributed by atoms with Gasteiger partial charge in [-0.15, -0.1) is 0 Å². The summed E-state index contributed by atoms with van der Waals surface area (Å²) in [6.07, 6.45) is -1.94. The Bertz CT molecular complexity index is 186. The number of carbonyl (C=O) groups excluding carboxylic acids is 1. The Morgan fingerprint density at radius 1 is 1.33 bits per heavy atom. The highest BCUT2D eigenvalue weighted by Gasteiger charge is 2.30. The highest BCUT2D eigenvalue weighted by Crippen LogP contribution is 2.15. The third-order valence-corrected chi connectivity index (χ3v) is 1.59. The molecule has 5 nitrogen and oxygen atoms in total. The molecule has 70 valence electrons. The highest BCUT2D eigenvalue weighted by molar-refractivity contribution is 5.80. The van der Waals surface area contributed by atoms with Gasteiger partial charge >= 0.3 is 5.97 Å². The van der Waals surface area contributed by atoms with E-state index in [4.69, 9.17) is 10.2 Å². The molecule has 0 aliphatic carbocycles. The maximum atomic E-state index is 10.4. The molecule has 0 spiro atoms. The fourth-order valence-corrected chi connectivity index (χ4v) is 0.931. The molecule has 12 heavy (non-hydrogen) atoms. The van der Waals surface area contributed by atoms with Gasteiger partial charge in [-0.1, -0.05) is 13.8 Å². The molecule has 0 radical (unpaired) electrons. The van der Waals surface area contributed by atoms with Crippen LogP contribution in [0.2, 0.25) is 0 Å². The van der Waals surface area contributed by atoms with Crippen molar-refractivity contribution in [1.82, 2.24) is 0 Å². The van der Waals surface area contributed by atoms with Crippen molar-refractivity contribution < 1.29 is 24.9 Å². The molecule has 0 fully saturated rings. The minimum absolute atomic E-state index is 0.449. The summed E-state index contributed by atoms with van der Waals surface area (Å²) in [5, 5.41) is 27.5. The minimum Gasteiger partial charge on any atom is -0.547 e. The molecule has 0 saturated heterocycles. The summed E-state index contributed by atoms with van der Waals surface area (Å²) >= 11 is 0. The molecular weight excluding hydrogens is 164 g/mol. The molecule has 0 aromatic heterocycles. The average molecular weight is 175 g/mol. The summed E-state index contributed by atoms with van der Waals surface area (Å²) in [7, 11) is 0. The Balaban J connectivity index is 4.51. The van der Waals surface area contributed by atoms with Crippen LogP contribution in [0.3, 0.4) is 0 Å². The SMILES string of the molecule is CC(C)C(C(=O)O)C(O)C(=O)[O-]. The van der Waals surface area contributed by atoms with E-state index < -0.39 is 29.9 Å². The van der Waals surface area contributed by atoms with Gasteiger partial charge in [0.25, 0.3) is 0 Å². The van der Waals surface area contributed by atoms with Gasteiger partial charge in [0.2, 0.25) is 0 Å². The van der Waals surface area contributed by atoms with Crippen molar-refractivity contribution in [2.75, 3.05) is 0 Å². The summed E-state index contributed by atoms with van der Waals surface area (Å²) < 4.78 is 0. The van der Waals surface area contributed by atoms with Crippen molar-refractivity contribution in [2.24, 2.45) is 11.8 Å². The van der Waals surface area contributed by atoms with Crippen molar-refractivity contribution in [3.63, 3.8) is 0 Å². The second kappa shape index (κ2) is 4.06. The quantitative estimate of drug-likeness (QED) is 0.539. The Kier molecular flexibility index (Phi) is 3.69. The lowest BCUT2D eigenvalue weighted by Crippen LogP contribution is -2.45. The molecule has 0 rings (SSSR count). The summed E-state index contributed by atoms with van der Waals surface area (Å²) in [5.74, 6) is -4.84. The van der Waals surface area contributed by atoms with Crippen LogP contribution in [0.4, 0.5) is 0 Å². The Hall–Kier alpha value is -1.10. The van der Waals surface area contributed by atoms with Crippen molar-refractivity contribution >= 4 is 11.9 Å². The van der Waals surface area contributed by atoms with Crippen LogP contribution in [-0.4, -0.2) is 28.3 Å². The number of carboxylic acid groups (broad SMARTS) is 2. The van der Waals surface area contributed by atoms with E-state index in [1.807, 2.05) is 0 Å². The molecule has 2 atom stereocenters. The highest BCUT2D eigenvalue weighted by atomic mass is 16.4. The molecule has 0 amide bonds. The van der Waals surface area contributed by atoms with E-state index in [-0.39, 0.29) is 0 Å². The fourth-order valence-electron chi connectivity index (χ4n) is 0.931. The van der Waals surface area contributed by atoms with Crippen LogP contribution in [0.1, 0.15) is 13.8 Å². The zero-order valence-electron chi connectivity index (χ0n) is 6.85. The molecule has 0 heterocycles. The second-order valence-electron chi connectivity index (χ2n) is 2.87. The van der Waals surface area contributed by atoms with Gasteiger partial charge in [-0.25, -0.2) is 0 Å². The first-order valence-electron chi connectivity index (χ1n) is 3.49. The zero-order chi connectivity index (χ0) is 9.89. The van der Waals surface area contributed by atoms with Crippen LogP contribution < -0.4 is 5.11 Å². The number of aliphatic carboxylic acids is 2. The van der Waals surface area contributed by atoms with Crippen molar-refractivity contribution in [3.05, 3.63) is 0 Å². The number of carbonyl (C=O) groups is 2. The minimum atomic E-state index is -1.94. The van der Waals surface area contributed by atoms with E-state index in [1.165, 1.54) is 13.8 Å². The van der Waals surface area contributed by atoms with E-state index in [0.29, 0.717) is 0 Å². The molecule has 0 aliphatic rings. The maximum absolute atomic E-state index is 10.4. The second-order valence-corrected chi connectivity index (χ2v) is 2.87. The molecule has 0 aromatic carbocycles. The summed E-state index contributed by atoms with van der Waals surface area (Å²) in [6, 6.07) is 0. The monoisotopic (exact) mass is 175 g/mol. The maximum Gasteiger partial charge on any atom is 0.309 e. The van der Waals surface area contributed by atoms with E-state index in [1.54, 1.807) is 0 Å². The van der Waals surface area contributed by atoms with E-state index >= 15 is 0 Å². The average Bonchev–Trinajstić information content (AvgIpc) is 1.85. The van der Waals surface area contributed by atoms with Crippen LogP contribution in [-0.2, 0) is 9.59 Å². The molecule has 0 bridgehead atoms. The van der Waals surface area contributed by atoms with Gasteiger partial charge in [-0.2, -0.15) is 0 Å². The normalized spacial score (nSPS) is 15.7. The van der Waals surface area contributed by atoms with Crippen molar-refractivity contribution in [1.29, 1.82) is 0 Å². The third-order valence-electron chi connectivity index (χ3n) is 1.59. The van der Waals surface area contributed by atoms with Crippen molar-refractivity contribution in [3.8, 4) is 0 Å². The predicted molar refractivity (Wildman–Crippen MR) is 37.0 cm³/mol. The standard InChI is InChI=1S/C7H12O5/c1-3(2)4(6(9)10)5(8)7(11)12/h3-5,8H,1-2H3,(H,9,10)(H,11,12)/p-1. The first-order valence-corrected chi connectivity index (χ1v) is 3.49. The van der Waals surface area contributed by atoms with Gasteiger partial charge in [0, 0.05) is 0 Å². The van der Waals surface area contributed by atoms with Gasteiger partial charge in [0.05, 0.1) is 11.9 Å². The van der Waals surface area contributed by atoms with Gasteiger partial charge < -0.3 is 20.1 Å². The third kappa shape index (κ3) is 2.50. The summed E-state index contributed by atoms with van der Waals surface area (Å²) in [4.78, 5) is 20.6. The lowest BCUT2D eigenvalue weighted by molar-refractivity contribution is -0.317. The number of aliphatic hydroxyl groups is 1. The first kappa shape index (κ1) is 10.9. The van der Waals surface area contributed by atoms with Gasteiger partial charge in [0.1, 0.15) is 6.10 Å². The van der Waals surface area contributed by atoms with Crippen LogP contribution in [0.15, 0.2) is 0 Å². The topological polar surface area (TPSA) is 97.7 Å². The number of rotatable bonds is 4. The number of hydrogen-bond acceptors (Lipinski definition) is 4. The largest absolute Gasteiger partial charge is 0.547 e. The zero-order valence-corrected chi connectivity index (χ0v) is 6.85. The lowest BCUT2D eigenvalue weighted by atomic mass is 9.90.